The number of carbonyl (C=O) groups excluding carboxylic acids is 2. The quantitative estimate of drug-likeness (QED) is 0.846. The van der Waals surface area contributed by atoms with Crippen LogP contribution in [-0.4, -0.2) is 50.0 Å². The third-order valence-electron chi connectivity index (χ3n) is 4.44. The molecule has 2 N–H and O–H groups in total. The molecule has 1 aliphatic heterocycles. The minimum Gasteiger partial charge on any atom is -0.496 e. The van der Waals surface area contributed by atoms with Gasteiger partial charge < -0.3 is 20.3 Å². The Bertz CT molecular complexity index is 833. The monoisotopic (exact) mass is 387 g/mol. The lowest BCUT2D eigenvalue weighted by atomic mass is 10.1. The highest BCUT2D eigenvalue weighted by atomic mass is 35.5. The van der Waals surface area contributed by atoms with E-state index in [1.165, 1.54) is 7.11 Å². The van der Waals surface area contributed by atoms with Gasteiger partial charge in [0, 0.05) is 25.2 Å². The van der Waals surface area contributed by atoms with E-state index in [1.54, 1.807) is 42.5 Å². The maximum Gasteiger partial charge on any atom is 0.259 e. The second-order valence-electron chi connectivity index (χ2n) is 6.24. The molecule has 0 saturated carbocycles. The molecular formula is C20H22ClN3O3. The first-order valence-electron chi connectivity index (χ1n) is 8.84. The third-order valence-corrected chi connectivity index (χ3v) is 4.77. The molecule has 2 aromatic carbocycles. The van der Waals surface area contributed by atoms with Crippen LogP contribution in [0.2, 0.25) is 5.02 Å². The number of carbonyl (C=O) groups is 2. The van der Waals surface area contributed by atoms with Crippen LogP contribution in [0.1, 0.15) is 27.1 Å². The second-order valence-corrected chi connectivity index (χ2v) is 6.65. The molecule has 0 bridgehead atoms. The van der Waals surface area contributed by atoms with Crippen LogP contribution in [0.25, 0.3) is 0 Å². The first-order chi connectivity index (χ1) is 13.1. The zero-order valence-corrected chi connectivity index (χ0v) is 15.9. The number of nitrogens with zero attached hydrogens (tertiary/aromatic N) is 1. The molecule has 7 heteroatoms. The zero-order valence-electron chi connectivity index (χ0n) is 15.1. The average molecular weight is 388 g/mol. The van der Waals surface area contributed by atoms with Crippen molar-refractivity contribution in [3.05, 3.63) is 58.6 Å². The molecule has 27 heavy (non-hydrogen) atoms. The number of amides is 2. The summed E-state index contributed by atoms with van der Waals surface area (Å²) < 4.78 is 5.23. The van der Waals surface area contributed by atoms with Gasteiger partial charge in [0.1, 0.15) is 5.75 Å². The summed E-state index contributed by atoms with van der Waals surface area (Å²) in [5.74, 6) is 0.0523. The van der Waals surface area contributed by atoms with Crippen molar-refractivity contribution in [1.29, 1.82) is 0 Å². The Balaban J connectivity index is 1.81. The van der Waals surface area contributed by atoms with Gasteiger partial charge in [-0.05, 0) is 43.3 Å². The van der Waals surface area contributed by atoms with Gasteiger partial charge in [-0.2, -0.15) is 0 Å². The predicted molar refractivity (Wildman–Crippen MR) is 106 cm³/mol. The lowest BCUT2D eigenvalue weighted by molar-refractivity contribution is 0.0766. The van der Waals surface area contributed by atoms with E-state index < -0.39 is 0 Å². The molecule has 2 amide bonds. The lowest BCUT2D eigenvalue weighted by Gasteiger charge is -2.20. The second kappa shape index (κ2) is 8.88. The molecule has 2 aromatic rings. The summed E-state index contributed by atoms with van der Waals surface area (Å²) in [7, 11) is 1.51. The Morgan fingerprint density at radius 3 is 2.78 bits per heavy atom. The Labute approximate surface area is 163 Å². The van der Waals surface area contributed by atoms with E-state index in [0.717, 1.165) is 19.5 Å². The van der Waals surface area contributed by atoms with Gasteiger partial charge in [0.25, 0.3) is 11.8 Å². The van der Waals surface area contributed by atoms with Crippen LogP contribution in [0.15, 0.2) is 42.5 Å². The summed E-state index contributed by atoms with van der Waals surface area (Å²) in [5.41, 5.74) is 1.29. The van der Waals surface area contributed by atoms with Crippen molar-refractivity contribution < 1.29 is 14.3 Å². The van der Waals surface area contributed by atoms with Gasteiger partial charge in [0.05, 0.1) is 23.4 Å². The van der Waals surface area contributed by atoms with Crippen molar-refractivity contribution in [3.63, 3.8) is 0 Å². The van der Waals surface area contributed by atoms with E-state index in [-0.39, 0.29) is 11.8 Å². The van der Waals surface area contributed by atoms with Crippen molar-refractivity contribution >= 4 is 29.1 Å². The number of anilines is 1. The first kappa shape index (κ1) is 19.2. The minimum absolute atomic E-state index is 0.0665. The fourth-order valence-corrected chi connectivity index (χ4v) is 3.17. The molecule has 0 aliphatic carbocycles. The van der Waals surface area contributed by atoms with Gasteiger partial charge in [0.2, 0.25) is 0 Å². The first-order valence-corrected chi connectivity index (χ1v) is 9.22. The Kier molecular flexibility index (Phi) is 6.32. The maximum atomic E-state index is 12.8. The van der Waals surface area contributed by atoms with E-state index in [2.05, 4.69) is 10.6 Å². The molecule has 0 atom stereocenters. The topological polar surface area (TPSA) is 70.7 Å². The normalized spacial score (nSPS) is 14.4. The third kappa shape index (κ3) is 4.59. The van der Waals surface area contributed by atoms with Crippen molar-refractivity contribution in [1.82, 2.24) is 10.2 Å². The number of hydrogen-bond donors (Lipinski definition) is 2. The van der Waals surface area contributed by atoms with E-state index >= 15 is 0 Å². The fourth-order valence-electron chi connectivity index (χ4n) is 3.01. The Hall–Kier alpha value is -2.57. The van der Waals surface area contributed by atoms with Gasteiger partial charge in [0.15, 0.2) is 0 Å². The number of halogens is 1. The van der Waals surface area contributed by atoms with Crippen LogP contribution < -0.4 is 15.4 Å². The van der Waals surface area contributed by atoms with Crippen molar-refractivity contribution in [2.75, 3.05) is 38.6 Å². The fraction of sp³-hybridized carbons (Fsp3) is 0.300. The summed E-state index contributed by atoms with van der Waals surface area (Å²) in [6.07, 6.45) is 0.913. The molecule has 0 radical (unpaired) electrons. The molecule has 0 spiro atoms. The number of hydrogen-bond acceptors (Lipinski definition) is 4. The Morgan fingerprint density at radius 2 is 1.96 bits per heavy atom. The highest BCUT2D eigenvalue weighted by Crippen LogP contribution is 2.26. The predicted octanol–water partition coefficient (Wildman–Crippen LogP) is 3.04. The van der Waals surface area contributed by atoms with Crippen LogP contribution in [0.3, 0.4) is 0 Å². The number of rotatable bonds is 4. The molecular weight excluding hydrogens is 366 g/mol. The summed E-state index contributed by atoms with van der Waals surface area (Å²) in [5, 5.41) is 6.42. The Morgan fingerprint density at radius 1 is 1.15 bits per heavy atom. The molecule has 3 rings (SSSR count). The van der Waals surface area contributed by atoms with Gasteiger partial charge in [-0.1, -0.05) is 23.7 Å². The van der Waals surface area contributed by atoms with Crippen molar-refractivity contribution in [2.24, 2.45) is 0 Å². The smallest absolute Gasteiger partial charge is 0.259 e. The molecule has 1 heterocycles. The molecule has 1 fully saturated rings. The van der Waals surface area contributed by atoms with Crippen LogP contribution in [0.5, 0.6) is 5.75 Å². The van der Waals surface area contributed by atoms with Crippen LogP contribution in [0.4, 0.5) is 5.69 Å². The number of para-hydroxylation sites is 1. The maximum absolute atomic E-state index is 12.8. The standard InChI is InChI=1S/C20H22ClN3O3/c1-27-18-6-3-2-5-15(18)19(25)23-17-13-14(7-8-16(17)21)20(26)24-11-4-9-22-10-12-24/h2-3,5-8,13,22H,4,9-12H2,1H3,(H,23,25). The van der Waals surface area contributed by atoms with Gasteiger partial charge in [-0.3, -0.25) is 9.59 Å². The summed E-state index contributed by atoms with van der Waals surface area (Å²) >= 11 is 6.24. The van der Waals surface area contributed by atoms with Crippen molar-refractivity contribution in [3.8, 4) is 5.75 Å². The van der Waals surface area contributed by atoms with E-state index in [4.69, 9.17) is 16.3 Å². The van der Waals surface area contributed by atoms with Gasteiger partial charge in [-0.25, -0.2) is 0 Å². The summed E-state index contributed by atoms with van der Waals surface area (Å²) in [4.78, 5) is 27.2. The molecule has 1 aliphatic rings. The number of methoxy groups -OCH3 is 1. The van der Waals surface area contributed by atoms with Crippen LogP contribution in [0, 0.1) is 0 Å². The van der Waals surface area contributed by atoms with Gasteiger partial charge in [-0.15, -0.1) is 0 Å². The largest absolute Gasteiger partial charge is 0.496 e. The van der Waals surface area contributed by atoms with E-state index in [0.29, 0.717) is 40.7 Å². The lowest BCUT2D eigenvalue weighted by Crippen LogP contribution is -2.34. The summed E-state index contributed by atoms with van der Waals surface area (Å²) in [6.45, 7) is 3.04. The van der Waals surface area contributed by atoms with E-state index in [1.807, 2.05) is 4.90 Å². The van der Waals surface area contributed by atoms with Crippen molar-refractivity contribution in [2.45, 2.75) is 6.42 Å². The van der Waals surface area contributed by atoms with E-state index in [9.17, 15) is 9.59 Å². The number of nitrogens with one attached hydrogen (secondary N) is 2. The minimum atomic E-state index is -0.349. The van der Waals surface area contributed by atoms with Crippen LogP contribution in [-0.2, 0) is 0 Å². The molecule has 0 aromatic heterocycles. The molecule has 0 unspecified atom stereocenters. The average Bonchev–Trinajstić information content (AvgIpc) is 2.98. The SMILES string of the molecule is COc1ccccc1C(=O)Nc1cc(C(=O)N2CCCNCC2)ccc1Cl. The van der Waals surface area contributed by atoms with Gasteiger partial charge >= 0.3 is 0 Å². The number of ether oxygens (including phenoxy) is 1. The zero-order chi connectivity index (χ0) is 19.2. The highest BCUT2D eigenvalue weighted by molar-refractivity contribution is 6.34. The molecule has 142 valence electrons. The summed E-state index contributed by atoms with van der Waals surface area (Å²) in [6, 6.07) is 11.9. The van der Waals surface area contributed by atoms with Crippen LogP contribution >= 0.6 is 11.6 Å². The number of benzene rings is 2. The molecule has 6 nitrogen and oxygen atoms in total. The molecule has 1 saturated heterocycles. The highest BCUT2D eigenvalue weighted by Gasteiger charge is 2.19.